The molecule has 2 bridgehead atoms. The summed E-state index contributed by atoms with van der Waals surface area (Å²) in [6.45, 7) is 0.655. The summed E-state index contributed by atoms with van der Waals surface area (Å²) in [5.74, 6) is 0.546. The summed E-state index contributed by atoms with van der Waals surface area (Å²) in [5, 5.41) is 16.2. The standard InChI is InChI=1S/C20H23NO.ClH/c1-21-13-16(22)12-20-10-8-15(9-11-20)19-17-5-3-2-4-14(17)6-7-18(19)20;/h2-8,10,15-16,21-22H,9,11-13H2,1H3;1H/t15?,16-,20?;/m1./s1. The third-order valence-electron chi connectivity index (χ3n) is 5.47. The minimum atomic E-state index is -0.302. The number of aliphatic hydroxyl groups is 1. The number of halogens is 1. The van der Waals surface area contributed by atoms with Crippen molar-refractivity contribution in [2.75, 3.05) is 13.6 Å². The molecule has 2 N–H and O–H groups in total. The minimum Gasteiger partial charge on any atom is -0.392 e. The van der Waals surface area contributed by atoms with Gasteiger partial charge in [0.05, 0.1) is 6.10 Å². The molecule has 23 heavy (non-hydrogen) atoms. The number of fused-ring (bicyclic) bond motifs is 2. The molecule has 2 aromatic carbocycles. The second-order valence-corrected chi connectivity index (χ2v) is 6.82. The van der Waals surface area contributed by atoms with Crippen LogP contribution >= 0.6 is 12.4 Å². The lowest BCUT2D eigenvalue weighted by molar-refractivity contribution is 0.133. The van der Waals surface area contributed by atoms with Crippen LogP contribution in [0.2, 0.25) is 0 Å². The summed E-state index contributed by atoms with van der Waals surface area (Å²) in [6.07, 6.45) is 7.61. The fourth-order valence-electron chi connectivity index (χ4n) is 4.50. The summed E-state index contributed by atoms with van der Waals surface area (Å²) in [5.41, 5.74) is 2.97. The molecule has 0 fully saturated rings. The molecule has 0 heterocycles. The lowest BCUT2D eigenvalue weighted by Crippen LogP contribution is -2.39. The molecule has 3 aliphatic rings. The van der Waals surface area contributed by atoms with Gasteiger partial charge in [-0.2, -0.15) is 0 Å². The summed E-state index contributed by atoms with van der Waals surface area (Å²) >= 11 is 0. The quantitative estimate of drug-likeness (QED) is 0.833. The van der Waals surface area contributed by atoms with Gasteiger partial charge in [-0.05, 0) is 48.2 Å². The Kier molecular flexibility index (Phi) is 4.50. The van der Waals surface area contributed by atoms with Crippen LogP contribution in [0.1, 0.15) is 36.3 Å². The molecule has 122 valence electrons. The topological polar surface area (TPSA) is 32.3 Å². The molecule has 5 rings (SSSR count). The van der Waals surface area contributed by atoms with Gasteiger partial charge >= 0.3 is 0 Å². The molecular weight excluding hydrogens is 306 g/mol. The zero-order valence-corrected chi connectivity index (χ0v) is 14.3. The molecule has 0 saturated carbocycles. The average molecular weight is 330 g/mol. The van der Waals surface area contributed by atoms with E-state index in [9.17, 15) is 5.11 Å². The zero-order chi connectivity index (χ0) is 15.2. The van der Waals surface area contributed by atoms with Crippen LogP contribution in [0.4, 0.5) is 0 Å². The van der Waals surface area contributed by atoms with Gasteiger partial charge in [0.2, 0.25) is 0 Å². The van der Waals surface area contributed by atoms with Crippen molar-refractivity contribution < 1.29 is 5.11 Å². The van der Waals surface area contributed by atoms with E-state index in [0.717, 1.165) is 12.8 Å². The second kappa shape index (κ2) is 6.27. The number of likely N-dealkylation sites (N-methyl/N-ethyl adjacent to an activating group) is 1. The van der Waals surface area contributed by atoms with E-state index in [4.69, 9.17) is 0 Å². The van der Waals surface area contributed by atoms with Crippen molar-refractivity contribution in [2.24, 2.45) is 0 Å². The smallest absolute Gasteiger partial charge is 0.0676 e. The fourth-order valence-corrected chi connectivity index (χ4v) is 4.50. The Hall–Kier alpha value is -1.35. The molecular formula is C20H24ClNO. The Labute approximate surface area is 144 Å². The molecule has 3 aliphatic carbocycles. The van der Waals surface area contributed by atoms with Gasteiger partial charge in [0.15, 0.2) is 0 Å². The lowest BCUT2D eigenvalue weighted by atomic mass is 9.59. The van der Waals surface area contributed by atoms with Crippen molar-refractivity contribution in [1.29, 1.82) is 0 Å². The molecule has 3 atom stereocenters. The van der Waals surface area contributed by atoms with Gasteiger partial charge < -0.3 is 10.4 Å². The van der Waals surface area contributed by atoms with Crippen LogP contribution in [-0.2, 0) is 5.41 Å². The summed E-state index contributed by atoms with van der Waals surface area (Å²) in [6, 6.07) is 13.2. The third-order valence-corrected chi connectivity index (χ3v) is 5.47. The number of rotatable bonds is 4. The Bertz CT molecular complexity index is 741. The highest BCUT2D eigenvalue weighted by Gasteiger charge is 2.42. The first-order valence-electron chi connectivity index (χ1n) is 8.28. The Morgan fingerprint density at radius 3 is 2.83 bits per heavy atom. The van der Waals surface area contributed by atoms with Crippen LogP contribution in [0.3, 0.4) is 0 Å². The average Bonchev–Trinajstić information content (AvgIpc) is 2.55. The molecule has 0 aliphatic heterocycles. The van der Waals surface area contributed by atoms with E-state index in [1.54, 1.807) is 0 Å². The van der Waals surface area contributed by atoms with Crippen LogP contribution in [0.15, 0.2) is 48.6 Å². The first-order valence-corrected chi connectivity index (χ1v) is 8.28. The van der Waals surface area contributed by atoms with Crippen molar-refractivity contribution >= 4 is 23.2 Å². The largest absolute Gasteiger partial charge is 0.392 e. The molecule has 0 aromatic heterocycles. The van der Waals surface area contributed by atoms with Crippen LogP contribution in [0.25, 0.3) is 10.8 Å². The summed E-state index contributed by atoms with van der Waals surface area (Å²) in [4.78, 5) is 0. The van der Waals surface area contributed by atoms with Crippen LogP contribution in [0, 0.1) is 0 Å². The Morgan fingerprint density at radius 1 is 1.26 bits per heavy atom. The molecule has 0 radical (unpaired) electrons. The molecule has 0 spiro atoms. The molecule has 2 unspecified atom stereocenters. The molecule has 3 heteroatoms. The fraction of sp³-hybridized carbons (Fsp3) is 0.400. The van der Waals surface area contributed by atoms with E-state index in [1.807, 2.05) is 7.05 Å². The van der Waals surface area contributed by atoms with Gasteiger partial charge in [0.25, 0.3) is 0 Å². The highest BCUT2D eigenvalue weighted by atomic mass is 35.5. The number of benzene rings is 2. The van der Waals surface area contributed by atoms with Gasteiger partial charge in [0, 0.05) is 17.9 Å². The maximum Gasteiger partial charge on any atom is 0.0676 e. The van der Waals surface area contributed by atoms with Gasteiger partial charge in [-0.1, -0.05) is 48.6 Å². The maximum atomic E-state index is 10.4. The van der Waals surface area contributed by atoms with Crippen LogP contribution < -0.4 is 5.32 Å². The molecule has 2 aromatic rings. The number of nitrogens with one attached hydrogen (secondary N) is 1. The van der Waals surface area contributed by atoms with Crippen molar-refractivity contribution in [2.45, 2.75) is 36.7 Å². The van der Waals surface area contributed by atoms with Crippen molar-refractivity contribution in [1.82, 2.24) is 5.32 Å². The Balaban J connectivity index is 0.00000156. The lowest BCUT2D eigenvalue weighted by Gasteiger charge is -2.45. The number of hydrogen-bond donors (Lipinski definition) is 2. The maximum absolute atomic E-state index is 10.4. The van der Waals surface area contributed by atoms with Gasteiger partial charge in [-0.25, -0.2) is 0 Å². The van der Waals surface area contributed by atoms with E-state index in [2.05, 4.69) is 53.9 Å². The van der Waals surface area contributed by atoms with E-state index in [1.165, 1.54) is 28.3 Å². The van der Waals surface area contributed by atoms with Crippen molar-refractivity contribution in [3.63, 3.8) is 0 Å². The molecule has 0 saturated heterocycles. The summed E-state index contributed by atoms with van der Waals surface area (Å²) in [7, 11) is 1.90. The van der Waals surface area contributed by atoms with E-state index >= 15 is 0 Å². The van der Waals surface area contributed by atoms with E-state index in [0.29, 0.717) is 12.5 Å². The van der Waals surface area contributed by atoms with Gasteiger partial charge in [0.1, 0.15) is 0 Å². The SMILES string of the molecule is CNC[C@H](O)CC12C=CC(CC1)c1c2ccc2ccccc12.Cl. The highest BCUT2D eigenvalue weighted by molar-refractivity contribution is 5.88. The zero-order valence-electron chi connectivity index (χ0n) is 13.5. The van der Waals surface area contributed by atoms with Crippen LogP contribution in [-0.4, -0.2) is 24.8 Å². The predicted molar refractivity (Wildman–Crippen MR) is 98.5 cm³/mol. The number of aliphatic hydroxyl groups excluding tert-OH is 1. The first kappa shape index (κ1) is 16.5. The monoisotopic (exact) mass is 329 g/mol. The van der Waals surface area contributed by atoms with Crippen molar-refractivity contribution in [3.05, 3.63) is 59.7 Å². The highest BCUT2D eigenvalue weighted by Crippen LogP contribution is 2.53. The second-order valence-electron chi connectivity index (χ2n) is 6.82. The third kappa shape index (κ3) is 2.59. The number of hydrogen-bond acceptors (Lipinski definition) is 2. The van der Waals surface area contributed by atoms with Crippen LogP contribution in [0.5, 0.6) is 0 Å². The van der Waals surface area contributed by atoms with Crippen molar-refractivity contribution in [3.8, 4) is 0 Å². The van der Waals surface area contributed by atoms with E-state index in [-0.39, 0.29) is 23.9 Å². The molecule has 2 nitrogen and oxygen atoms in total. The predicted octanol–water partition coefficient (Wildman–Crippen LogP) is 3.92. The molecule has 0 amide bonds. The van der Waals surface area contributed by atoms with E-state index < -0.39 is 0 Å². The Morgan fingerprint density at radius 2 is 2.09 bits per heavy atom. The van der Waals surface area contributed by atoms with Gasteiger partial charge in [-0.15, -0.1) is 12.4 Å². The number of allylic oxidation sites excluding steroid dienone is 2. The minimum absolute atomic E-state index is 0. The first-order chi connectivity index (χ1) is 10.7. The van der Waals surface area contributed by atoms with Gasteiger partial charge in [-0.3, -0.25) is 0 Å². The normalized spacial score (nSPS) is 25.9. The summed E-state index contributed by atoms with van der Waals surface area (Å²) < 4.78 is 0.